The molecule has 0 aliphatic carbocycles. The number of para-hydroxylation sites is 1. The molecule has 2 aromatic rings. The Hall–Kier alpha value is -2.63. The quantitative estimate of drug-likeness (QED) is 0.919. The lowest BCUT2D eigenvalue weighted by atomic mass is 10.1. The number of nitrogens with zero attached hydrogens (tertiary/aromatic N) is 3. The minimum absolute atomic E-state index is 0.192. The van der Waals surface area contributed by atoms with E-state index in [0.29, 0.717) is 11.4 Å². The van der Waals surface area contributed by atoms with Crippen molar-refractivity contribution in [3.8, 4) is 0 Å². The van der Waals surface area contributed by atoms with E-state index in [9.17, 15) is 9.59 Å². The number of carbonyl (C=O) groups is 2. The van der Waals surface area contributed by atoms with Crippen molar-refractivity contribution in [2.24, 2.45) is 7.05 Å². The molecule has 0 bridgehead atoms. The van der Waals surface area contributed by atoms with Gasteiger partial charge in [-0.25, -0.2) is 0 Å². The van der Waals surface area contributed by atoms with Crippen molar-refractivity contribution in [1.82, 2.24) is 9.78 Å². The summed E-state index contributed by atoms with van der Waals surface area (Å²) in [5, 5.41) is 13.4. The van der Waals surface area contributed by atoms with Gasteiger partial charge in [-0.1, -0.05) is 32.0 Å². The summed E-state index contributed by atoms with van der Waals surface area (Å²) in [4.78, 5) is 25.1. The molecule has 0 saturated carbocycles. The standard InChI is InChI=1S/C16H19N3O3/c1-11(2)13-9-14(18(3)17-13)16(22)19(10-15(20)21)12-7-5-4-6-8-12/h4-9,11H,10H2,1-3H3,(H,20,21). The second-order valence-corrected chi connectivity index (χ2v) is 5.35. The van der Waals surface area contributed by atoms with Crippen molar-refractivity contribution in [2.75, 3.05) is 11.4 Å². The van der Waals surface area contributed by atoms with Crippen LogP contribution in [0.1, 0.15) is 35.9 Å². The second-order valence-electron chi connectivity index (χ2n) is 5.35. The Morgan fingerprint density at radius 1 is 1.27 bits per heavy atom. The molecule has 6 nitrogen and oxygen atoms in total. The fraction of sp³-hybridized carbons (Fsp3) is 0.312. The van der Waals surface area contributed by atoms with Crippen molar-refractivity contribution in [2.45, 2.75) is 19.8 Å². The van der Waals surface area contributed by atoms with Gasteiger partial charge in [-0.05, 0) is 24.1 Å². The summed E-state index contributed by atoms with van der Waals surface area (Å²) in [6, 6.07) is 10.5. The van der Waals surface area contributed by atoms with Gasteiger partial charge < -0.3 is 5.11 Å². The zero-order valence-electron chi connectivity index (χ0n) is 12.9. The number of carbonyl (C=O) groups excluding carboxylic acids is 1. The van der Waals surface area contributed by atoms with Gasteiger partial charge in [0.15, 0.2) is 0 Å². The number of rotatable bonds is 5. The maximum Gasteiger partial charge on any atom is 0.323 e. The normalized spacial score (nSPS) is 10.7. The third-order valence-electron chi connectivity index (χ3n) is 3.32. The SMILES string of the molecule is CC(C)c1cc(C(=O)N(CC(=O)O)c2ccccc2)n(C)n1. The molecule has 6 heteroatoms. The van der Waals surface area contributed by atoms with Gasteiger partial charge in [-0.3, -0.25) is 19.2 Å². The monoisotopic (exact) mass is 301 g/mol. The molecule has 0 unspecified atom stereocenters. The Labute approximate surface area is 129 Å². The van der Waals surface area contributed by atoms with E-state index in [4.69, 9.17) is 5.11 Å². The van der Waals surface area contributed by atoms with Crippen LogP contribution in [0.4, 0.5) is 5.69 Å². The number of hydrogen-bond acceptors (Lipinski definition) is 3. The zero-order valence-corrected chi connectivity index (χ0v) is 12.9. The molecule has 1 heterocycles. The number of hydrogen-bond donors (Lipinski definition) is 1. The molecular formula is C16H19N3O3. The van der Waals surface area contributed by atoms with Crippen LogP contribution in [0.25, 0.3) is 0 Å². The fourth-order valence-electron chi connectivity index (χ4n) is 2.13. The average Bonchev–Trinajstić information content (AvgIpc) is 2.87. The van der Waals surface area contributed by atoms with E-state index in [-0.39, 0.29) is 11.8 Å². The van der Waals surface area contributed by atoms with Crippen molar-refractivity contribution in [3.05, 3.63) is 47.8 Å². The topological polar surface area (TPSA) is 75.4 Å². The highest BCUT2D eigenvalue weighted by Crippen LogP contribution is 2.19. The van der Waals surface area contributed by atoms with Gasteiger partial charge in [0, 0.05) is 12.7 Å². The van der Waals surface area contributed by atoms with Crippen molar-refractivity contribution in [3.63, 3.8) is 0 Å². The molecule has 1 amide bonds. The van der Waals surface area contributed by atoms with E-state index in [1.807, 2.05) is 19.9 Å². The zero-order chi connectivity index (χ0) is 16.3. The van der Waals surface area contributed by atoms with Crippen LogP contribution < -0.4 is 4.90 Å². The predicted octanol–water partition coefficient (Wildman–Crippen LogP) is 2.27. The number of carboxylic acids is 1. The van der Waals surface area contributed by atoms with E-state index in [2.05, 4.69) is 5.10 Å². The van der Waals surface area contributed by atoms with E-state index in [0.717, 1.165) is 5.69 Å². The summed E-state index contributed by atoms with van der Waals surface area (Å²) in [5.41, 5.74) is 1.71. The molecule has 0 fully saturated rings. The summed E-state index contributed by atoms with van der Waals surface area (Å²) >= 11 is 0. The average molecular weight is 301 g/mol. The van der Waals surface area contributed by atoms with E-state index in [1.54, 1.807) is 37.4 Å². The Morgan fingerprint density at radius 2 is 1.91 bits per heavy atom. The highest BCUT2D eigenvalue weighted by Gasteiger charge is 2.24. The molecule has 0 aliphatic rings. The molecule has 116 valence electrons. The molecule has 22 heavy (non-hydrogen) atoms. The van der Waals surface area contributed by atoms with E-state index in [1.165, 1.54) is 9.58 Å². The number of aromatic nitrogens is 2. The van der Waals surface area contributed by atoms with Crippen LogP contribution >= 0.6 is 0 Å². The van der Waals surface area contributed by atoms with Crippen LogP contribution in [-0.2, 0) is 11.8 Å². The van der Waals surface area contributed by atoms with Crippen LogP contribution in [0, 0.1) is 0 Å². The van der Waals surface area contributed by atoms with Crippen LogP contribution in [0.2, 0.25) is 0 Å². The van der Waals surface area contributed by atoms with Crippen LogP contribution in [0.3, 0.4) is 0 Å². The van der Waals surface area contributed by atoms with Crippen molar-refractivity contribution >= 4 is 17.6 Å². The molecular weight excluding hydrogens is 282 g/mol. The number of anilines is 1. The Balaban J connectivity index is 2.39. The third kappa shape index (κ3) is 3.33. The summed E-state index contributed by atoms with van der Waals surface area (Å²) in [7, 11) is 1.68. The van der Waals surface area contributed by atoms with Crippen molar-refractivity contribution in [1.29, 1.82) is 0 Å². The fourth-order valence-corrected chi connectivity index (χ4v) is 2.13. The highest BCUT2D eigenvalue weighted by molar-refractivity contribution is 6.07. The van der Waals surface area contributed by atoms with Gasteiger partial charge in [0.25, 0.3) is 5.91 Å². The smallest absolute Gasteiger partial charge is 0.323 e. The summed E-state index contributed by atoms with van der Waals surface area (Å²) in [6.07, 6.45) is 0. The highest BCUT2D eigenvalue weighted by atomic mass is 16.4. The Morgan fingerprint density at radius 3 is 2.41 bits per heavy atom. The van der Waals surface area contributed by atoms with Gasteiger partial charge in [0.05, 0.1) is 5.69 Å². The number of carboxylic acid groups (broad SMARTS) is 1. The van der Waals surface area contributed by atoms with Crippen molar-refractivity contribution < 1.29 is 14.7 Å². The number of amides is 1. The molecule has 2 rings (SSSR count). The Bertz CT molecular complexity index is 677. The first-order valence-corrected chi connectivity index (χ1v) is 7.02. The predicted molar refractivity (Wildman–Crippen MR) is 83.1 cm³/mol. The number of aryl methyl sites for hydroxylation is 1. The maximum atomic E-state index is 12.7. The number of benzene rings is 1. The van der Waals surface area contributed by atoms with Gasteiger partial charge in [-0.15, -0.1) is 0 Å². The van der Waals surface area contributed by atoms with Gasteiger partial charge in [0.1, 0.15) is 12.2 Å². The first kappa shape index (κ1) is 15.8. The minimum atomic E-state index is -1.07. The minimum Gasteiger partial charge on any atom is -0.480 e. The van der Waals surface area contributed by atoms with E-state index < -0.39 is 12.5 Å². The van der Waals surface area contributed by atoms with Gasteiger partial charge in [0.2, 0.25) is 0 Å². The summed E-state index contributed by atoms with van der Waals surface area (Å²) in [5.74, 6) is -1.25. The first-order valence-electron chi connectivity index (χ1n) is 7.02. The molecule has 0 spiro atoms. The largest absolute Gasteiger partial charge is 0.480 e. The molecule has 0 atom stereocenters. The number of aliphatic carboxylic acids is 1. The van der Waals surface area contributed by atoms with Gasteiger partial charge in [-0.2, -0.15) is 5.10 Å². The lowest BCUT2D eigenvalue weighted by Gasteiger charge is -2.20. The molecule has 0 saturated heterocycles. The lowest BCUT2D eigenvalue weighted by Crippen LogP contribution is -2.36. The summed E-state index contributed by atoms with van der Waals surface area (Å²) < 4.78 is 1.50. The second kappa shape index (κ2) is 6.43. The van der Waals surface area contributed by atoms with Crippen LogP contribution in [0.5, 0.6) is 0 Å². The maximum absolute atomic E-state index is 12.7. The molecule has 1 aromatic heterocycles. The molecule has 1 aromatic carbocycles. The summed E-state index contributed by atoms with van der Waals surface area (Å²) in [6.45, 7) is 3.58. The first-order chi connectivity index (χ1) is 10.4. The lowest BCUT2D eigenvalue weighted by molar-refractivity contribution is -0.135. The van der Waals surface area contributed by atoms with Gasteiger partial charge >= 0.3 is 5.97 Å². The molecule has 1 N–H and O–H groups in total. The molecule has 0 aliphatic heterocycles. The van der Waals surface area contributed by atoms with Crippen LogP contribution in [-0.4, -0.2) is 33.3 Å². The Kier molecular flexibility index (Phi) is 4.60. The third-order valence-corrected chi connectivity index (χ3v) is 3.32. The molecule has 0 radical (unpaired) electrons. The van der Waals surface area contributed by atoms with E-state index >= 15 is 0 Å². The van der Waals surface area contributed by atoms with Crippen LogP contribution in [0.15, 0.2) is 36.4 Å².